The molecule has 2 aromatic carbocycles. The van der Waals surface area contributed by atoms with Crippen LogP contribution >= 0.6 is 0 Å². The smallest absolute Gasteiger partial charge is 0.273 e. The summed E-state index contributed by atoms with van der Waals surface area (Å²) in [6, 6.07) is 16.8. The number of nitriles is 1. The van der Waals surface area contributed by atoms with Crippen molar-refractivity contribution in [3.05, 3.63) is 75.6 Å². The summed E-state index contributed by atoms with van der Waals surface area (Å²) in [5, 5.41) is 30.3. The minimum atomic E-state index is -0.387. The second-order valence-corrected chi connectivity index (χ2v) is 7.99. The van der Waals surface area contributed by atoms with Gasteiger partial charge in [0.15, 0.2) is 5.82 Å². The molecule has 1 aliphatic rings. The van der Waals surface area contributed by atoms with Gasteiger partial charge in [0.05, 0.1) is 29.4 Å². The number of morpholine rings is 1. The van der Waals surface area contributed by atoms with Crippen molar-refractivity contribution in [3.63, 3.8) is 0 Å². The predicted molar refractivity (Wildman–Crippen MR) is 125 cm³/mol. The van der Waals surface area contributed by atoms with Crippen LogP contribution in [0.1, 0.15) is 36.7 Å². The van der Waals surface area contributed by atoms with Crippen LogP contribution < -0.4 is 4.90 Å². The van der Waals surface area contributed by atoms with Gasteiger partial charge in [-0.25, -0.2) is 0 Å². The molecule has 168 valence electrons. The van der Waals surface area contributed by atoms with E-state index < -0.39 is 0 Å². The summed E-state index contributed by atoms with van der Waals surface area (Å²) in [7, 11) is 0. The number of nitro benzene ring substituents is 1. The monoisotopic (exact) mass is 444 g/mol. The molecule has 9 heteroatoms. The molecule has 0 atom stereocenters. The number of benzene rings is 2. The van der Waals surface area contributed by atoms with E-state index in [2.05, 4.69) is 21.2 Å². The fourth-order valence-electron chi connectivity index (χ4n) is 3.84. The van der Waals surface area contributed by atoms with Crippen molar-refractivity contribution in [3.8, 4) is 11.8 Å². The highest BCUT2D eigenvalue weighted by Crippen LogP contribution is 2.30. The molecule has 0 N–H and O–H groups in total. The molecule has 1 aliphatic heterocycles. The van der Waals surface area contributed by atoms with E-state index in [4.69, 9.17) is 4.74 Å². The molecule has 1 aromatic heterocycles. The number of allylic oxidation sites excluding steroid dienone is 1. The number of para-hydroxylation sites is 1. The molecular formula is C24H24N6O3. The summed E-state index contributed by atoms with van der Waals surface area (Å²) in [4.78, 5) is 13.3. The number of nitrogens with zero attached hydrogens (tertiary/aromatic N) is 6. The maximum absolute atomic E-state index is 11.6. The third kappa shape index (κ3) is 4.61. The summed E-state index contributed by atoms with van der Waals surface area (Å²) in [5.41, 5.74) is 2.32. The normalized spacial score (nSPS) is 14.4. The molecule has 1 fully saturated rings. The van der Waals surface area contributed by atoms with Gasteiger partial charge in [0.1, 0.15) is 6.07 Å². The lowest BCUT2D eigenvalue weighted by Crippen LogP contribution is -2.38. The SMILES string of the molecule is CC(C)c1ccc(/C=C(\C#N)c2nnc(N3CCOCC3)n2-c2ccccc2)cc1[N+](=O)[O-]. The van der Waals surface area contributed by atoms with Crippen LogP contribution in [-0.4, -0.2) is 46.0 Å². The Kier molecular flexibility index (Phi) is 6.47. The van der Waals surface area contributed by atoms with E-state index in [9.17, 15) is 15.4 Å². The van der Waals surface area contributed by atoms with Crippen molar-refractivity contribution >= 4 is 23.3 Å². The van der Waals surface area contributed by atoms with Gasteiger partial charge in [-0.1, -0.05) is 44.2 Å². The molecule has 2 heterocycles. The predicted octanol–water partition coefficient (Wildman–Crippen LogP) is 4.20. The van der Waals surface area contributed by atoms with E-state index in [-0.39, 0.29) is 22.1 Å². The van der Waals surface area contributed by atoms with Gasteiger partial charge in [0, 0.05) is 24.7 Å². The average Bonchev–Trinajstić information content (AvgIpc) is 3.28. The summed E-state index contributed by atoms with van der Waals surface area (Å²) in [5.74, 6) is 1.01. The van der Waals surface area contributed by atoms with Crippen LogP contribution in [0.25, 0.3) is 17.3 Å². The van der Waals surface area contributed by atoms with Gasteiger partial charge in [-0.2, -0.15) is 5.26 Å². The van der Waals surface area contributed by atoms with Crippen LogP contribution in [0, 0.1) is 21.4 Å². The minimum absolute atomic E-state index is 0.0103. The van der Waals surface area contributed by atoms with Crippen molar-refractivity contribution in [1.29, 1.82) is 5.26 Å². The lowest BCUT2D eigenvalue weighted by atomic mass is 9.98. The van der Waals surface area contributed by atoms with Crippen LogP contribution in [0.4, 0.5) is 11.6 Å². The Bertz CT molecular complexity index is 1220. The molecule has 0 bridgehead atoms. The van der Waals surface area contributed by atoms with E-state index in [1.807, 2.05) is 48.7 Å². The Labute approximate surface area is 191 Å². The van der Waals surface area contributed by atoms with E-state index in [0.717, 1.165) is 5.69 Å². The molecule has 1 saturated heterocycles. The lowest BCUT2D eigenvalue weighted by molar-refractivity contribution is -0.385. The molecule has 4 rings (SSSR count). The largest absolute Gasteiger partial charge is 0.378 e. The van der Waals surface area contributed by atoms with Gasteiger partial charge in [-0.3, -0.25) is 14.7 Å². The van der Waals surface area contributed by atoms with Crippen molar-refractivity contribution in [2.75, 3.05) is 31.2 Å². The summed E-state index contributed by atoms with van der Waals surface area (Å²) in [6.07, 6.45) is 1.61. The first-order valence-electron chi connectivity index (χ1n) is 10.7. The standard InChI is InChI=1S/C24H24N6O3/c1-17(2)21-9-8-18(15-22(21)30(31)32)14-19(16-25)23-26-27-24(28-10-12-33-13-11-28)29(23)20-6-4-3-5-7-20/h3-9,14-15,17H,10-13H2,1-2H3/b19-14+. The van der Waals surface area contributed by atoms with Crippen molar-refractivity contribution in [1.82, 2.24) is 14.8 Å². The maximum Gasteiger partial charge on any atom is 0.273 e. The number of anilines is 1. The van der Waals surface area contributed by atoms with Crippen molar-refractivity contribution in [2.24, 2.45) is 0 Å². The molecule has 0 radical (unpaired) electrons. The highest BCUT2D eigenvalue weighted by Gasteiger charge is 2.24. The Balaban J connectivity index is 1.83. The molecule has 9 nitrogen and oxygen atoms in total. The molecule has 3 aromatic rings. The lowest BCUT2D eigenvalue weighted by Gasteiger charge is -2.28. The topological polar surface area (TPSA) is 110 Å². The summed E-state index contributed by atoms with van der Waals surface area (Å²) < 4.78 is 7.30. The van der Waals surface area contributed by atoms with Gasteiger partial charge in [-0.15, -0.1) is 10.2 Å². The first-order valence-corrected chi connectivity index (χ1v) is 10.7. The number of hydrogen-bond acceptors (Lipinski definition) is 7. The zero-order chi connectivity index (χ0) is 23.4. The molecule has 0 unspecified atom stereocenters. The zero-order valence-corrected chi connectivity index (χ0v) is 18.5. The Morgan fingerprint density at radius 3 is 2.55 bits per heavy atom. The number of aromatic nitrogens is 3. The second kappa shape index (κ2) is 9.63. The van der Waals surface area contributed by atoms with Gasteiger partial charge in [0.2, 0.25) is 5.95 Å². The van der Waals surface area contributed by atoms with Gasteiger partial charge < -0.3 is 9.64 Å². The van der Waals surface area contributed by atoms with E-state index in [1.165, 1.54) is 6.07 Å². The van der Waals surface area contributed by atoms with Gasteiger partial charge in [0.25, 0.3) is 5.69 Å². The quantitative estimate of drug-likeness (QED) is 0.318. The van der Waals surface area contributed by atoms with E-state index >= 15 is 0 Å². The molecule has 0 spiro atoms. The summed E-state index contributed by atoms with van der Waals surface area (Å²) in [6.45, 7) is 6.33. The summed E-state index contributed by atoms with van der Waals surface area (Å²) >= 11 is 0. The Morgan fingerprint density at radius 2 is 1.91 bits per heavy atom. The second-order valence-electron chi connectivity index (χ2n) is 7.99. The molecular weight excluding hydrogens is 420 g/mol. The van der Waals surface area contributed by atoms with Crippen molar-refractivity contribution < 1.29 is 9.66 Å². The fourth-order valence-corrected chi connectivity index (χ4v) is 3.84. The third-order valence-corrected chi connectivity index (χ3v) is 5.50. The van der Waals surface area contributed by atoms with Crippen LogP contribution in [-0.2, 0) is 4.74 Å². The fraction of sp³-hybridized carbons (Fsp3) is 0.292. The average molecular weight is 444 g/mol. The Hall–Kier alpha value is -4.03. The first kappa shape index (κ1) is 22.2. The van der Waals surface area contributed by atoms with Crippen molar-refractivity contribution in [2.45, 2.75) is 19.8 Å². The third-order valence-electron chi connectivity index (χ3n) is 5.50. The van der Waals surface area contributed by atoms with Gasteiger partial charge >= 0.3 is 0 Å². The molecule has 0 amide bonds. The van der Waals surface area contributed by atoms with Crippen LogP contribution in [0.5, 0.6) is 0 Å². The molecule has 0 saturated carbocycles. The highest BCUT2D eigenvalue weighted by atomic mass is 16.6. The van der Waals surface area contributed by atoms with Crippen LogP contribution in [0.2, 0.25) is 0 Å². The highest BCUT2D eigenvalue weighted by molar-refractivity contribution is 5.88. The maximum atomic E-state index is 11.6. The van der Waals surface area contributed by atoms with Gasteiger partial charge in [-0.05, 0) is 29.7 Å². The minimum Gasteiger partial charge on any atom is -0.378 e. The number of ether oxygens (including phenoxy) is 1. The number of rotatable bonds is 6. The van der Waals surface area contributed by atoms with Crippen LogP contribution in [0.15, 0.2) is 48.5 Å². The van der Waals surface area contributed by atoms with E-state index in [0.29, 0.717) is 49.2 Å². The first-order chi connectivity index (χ1) is 16.0. The van der Waals surface area contributed by atoms with Crippen LogP contribution in [0.3, 0.4) is 0 Å². The number of nitro groups is 1. The Morgan fingerprint density at radius 1 is 1.18 bits per heavy atom. The number of hydrogen-bond donors (Lipinski definition) is 0. The van der Waals surface area contributed by atoms with E-state index in [1.54, 1.807) is 18.2 Å². The zero-order valence-electron chi connectivity index (χ0n) is 18.5. The molecule has 0 aliphatic carbocycles. The molecule has 33 heavy (non-hydrogen) atoms.